The molecule has 0 aliphatic rings. The summed E-state index contributed by atoms with van der Waals surface area (Å²) in [6.07, 6.45) is 0. The van der Waals surface area contributed by atoms with Gasteiger partial charge in [0, 0.05) is 16.4 Å². The van der Waals surface area contributed by atoms with Crippen molar-refractivity contribution in [2.45, 2.75) is 13.8 Å². The van der Waals surface area contributed by atoms with E-state index in [1.807, 2.05) is 31.2 Å². The maximum Gasteiger partial charge on any atom is 0.339 e. The molecular weight excluding hydrogens is 250 g/mol. The third-order valence-corrected chi connectivity index (χ3v) is 2.92. The Morgan fingerprint density at radius 2 is 2.00 bits per heavy atom. The lowest BCUT2D eigenvalue weighted by atomic mass is 10.1. The number of H-pyrrole nitrogens is 1. The summed E-state index contributed by atoms with van der Waals surface area (Å²) in [6, 6.07) is 9.25. The molecule has 2 rings (SSSR count). The van der Waals surface area contributed by atoms with Crippen molar-refractivity contribution in [3.63, 3.8) is 0 Å². The molecule has 18 heavy (non-hydrogen) atoms. The van der Waals surface area contributed by atoms with Crippen LogP contribution >= 0.6 is 11.6 Å². The Hall–Kier alpha value is -1.74. The van der Waals surface area contributed by atoms with Gasteiger partial charge in [-0.05, 0) is 37.6 Å². The summed E-state index contributed by atoms with van der Waals surface area (Å²) in [7, 11) is 0. The summed E-state index contributed by atoms with van der Waals surface area (Å²) < 4.78 is 5.00. The molecular formula is C14H14ClNO2. The lowest BCUT2D eigenvalue weighted by molar-refractivity contribution is 0.0526. The summed E-state index contributed by atoms with van der Waals surface area (Å²) in [5.74, 6) is -0.300. The average molecular weight is 264 g/mol. The lowest BCUT2D eigenvalue weighted by Gasteiger charge is -1.98. The number of ether oxygens (including phenoxy) is 1. The highest BCUT2D eigenvalue weighted by atomic mass is 35.5. The second kappa shape index (κ2) is 5.27. The molecule has 0 bridgehead atoms. The predicted molar refractivity (Wildman–Crippen MR) is 71.9 cm³/mol. The maximum absolute atomic E-state index is 11.7. The average Bonchev–Trinajstić information content (AvgIpc) is 2.72. The molecule has 94 valence electrons. The molecule has 2 aromatic rings. The van der Waals surface area contributed by atoms with Gasteiger partial charge in [-0.1, -0.05) is 23.7 Å². The molecule has 0 amide bonds. The molecule has 0 unspecified atom stereocenters. The van der Waals surface area contributed by atoms with Crippen LogP contribution in [-0.4, -0.2) is 17.6 Å². The number of nitrogens with one attached hydrogen (secondary N) is 1. The smallest absolute Gasteiger partial charge is 0.339 e. The second-order valence-corrected chi connectivity index (χ2v) is 4.39. The van der Waals surface area contributed by atoms with Crippen LogP contribution in [0.2, 0.25) is 5.02 Å². The van der Waals surface area contributed by atoms with Crippen molar-refractivity contribution in [1.82, 2.24) is 4.98 Å². The Morgan fingerprint density at radius 1 is 1.33 bits per heavy atom. The fraction of sp³-hybridized carbons (Fsp3) is 0.214. The first kappa shape index (κ1) is 12.7. The van der Waals surface area contributed by atoms with Gasteiger partial charge >= 0.3 is 5.97 Å². The Kier molecular flexibility index (Phi) is 3.72. The van der Waals surface area contributed by atoms with Crippen LogP contribution in [0.5, 0.6) is 0 Å². The number of carbonyl (C=O) groups excluding carboxylic acids is 1. The number of halogens is 1. The lowest BCUT2D eigenvalue weighted by Crippen LogP contribution is -2.04. The third-order valence-electron chi connectivity index (χ3n) is 2.67. The predicted octanol–water partition coefficient (Wildman–Crippen LogP) is 3.82. The molecule has 1 aromatic heterocycles. The second-order valence-electron chi connectivity index (χ2n) is 3.95. The first-order valence-electron chi connectivity index (χ1n) is 5.74. The fourth-order valence-electron chi connectivity index (χ4n) is 1.76. The van der Waals surface area contributed by atoms with Gasteiger partial charge in [0.2, 0.25) is 0 Å². The number of aromatic nitrogens is 1. The van der Waals surface area contributed by atoms with E-state index in [4.69, 9.17) is 16.3 Å². The number of aromatic amines is 1. The van der Waals surface area contributed by atoms with Crippen LogP contribution in [0.3, 0.4) is 0 Å². The molecule has 0 spiro atoms. The van der Waals surface area contributed by atoms with Gasteiger partial charge in [0.25, 0.3) is 0 Å². The van der Waals surface area contributed by atoms with E-state index in [2.05, 4.69) is 4.98 Å². The number of esters is 1. The molecule has 0 saturated heterocycles. The van der Waals surface area contributed by atoms with Crippen LogP contribution in [0.4, 0.5) is 0 Å². The molecule has 0 aliphatic carbocycles. The van der Waals surface area contributed by atoms with Crippen LogP contribution in [-0.2, 0) is 4.74 Å². The molecule has 0 aliphatic heterocycles. The quantitative estimate of drug-likeness (QED) is 0.856. The first-order chi connectivity index (χ1) is 8.61. The van der Waals surface area contributed by atoms with Crippen molar-refractivity contribution in [2.75, 3.05) is 6.61 Å². The number of hydrogen-bond acceptors (Lipinski definition) is 2. The van der Waals surface area contributed by atoms with Crippen molar-refractivity contribution in [3.8, 4) is 11.3 Å². The van der Waals surface area contributed by atoms with E-state index in [0.717, 1.165) is 17.0 Å². The van der Waals surface area contributed by atoms with Gasteiger partial charge in [0.1, 0.15) is 0 Å². The van der Waals surface area contributed by atoms with Crippen LogP contribution in [0.15, 0.2) is 30.3 Å². The minimum Gasteiger partial charge on any atom is -0.462 e. The van der Waals surface area contributed by atoms with Crippen LogP contribution in [0.25, 0.3) is 11.3 Å². The van der Waals surface area contributed by atoms with Crippen LogP contribution in [0, 0.1) is 6.92 Å². The van der Waals surface area contributed by atoms with Crippen molar-refractivity contribution < 1.29 is 9.53 Å². The highest BCUT2D eigenvalue weighted by molar-refractivity contribution is 6.30. The van der Waals surface area contributed by atoms with E-state index in [1.165, 1.54) is 0 Å². The molecule has 0 atom stereocenters. The van der Waals surface area contributed by atoms with Gasteiger partial charge in [-0.2, -0.15) is 0 Å². The van der Waals surface area contributed by atoms with E-state index in [9.17, 15) is 4.79 Å². The number of aryl methyl sites for hydroxylation is 1. The summed E-state index contributed by atoms with van der Waals surface area (Å²) in [6.45, 7) is 4.02. The van der Waals surface area contributed by atoms with Crippen molar-refractivity contribution in [3.05, 3.63) is 46.6 Å². The van der Waals surface area contributed by atoms with Gasteiger partial charge in [-0.3, -0.25) is 0 Å². The van der Waals surface area contributed by atoms with Gasteiger partial charge in [0.15, 0.2) is 0 Å². The number of benzene rings is 1. The van der Waals surface area contributed by atoms with E-state index in [0.29, 0.717) is 17.2 Å². The molecule has 3 nitrogen and oxygen atoms in total. The van der Waals surface area contributed by atoms with Crippen LogP contribution < -0.4 is 0 Å². The topological polar surface area (TPSA) is 42.1 Å². The number of rotatable bonds is 3. The zero-order chi connectivity index (χ0) is 13.1. The van der Waals surface area contributed by atoms with E-state index in [1.54, 1.807) is 13.0 Å². The van der Waals surface area contributed by atoms with Crippen LogP contribution in [0.1, 0.15) is 23.0 Å². The Bertz CT molecular complexity index is 558. The molecule has 1 N–H and O–H groups in total. The van der Waals surface area contributed by atoms with Crippen molar-refractivity contribution in [2.24, 2.45) is 0 Å². The summed E-state index contributed by atoms with van der Waals surface area (Å²) in [5.41, 5.74) is 3.24. The molecule has 4 heteroatoms. The van der Waals surface area contributed by atoms with E-state index < -0.39 is 0 Å². The standard InChI is InChI=1S/C14H14ClNO2/c1-3-18-14(17)12-8-13(16-9(12)2)10-4-6-11(15)7-5-10/h4-8,16H,3H2,1-2H3. The molecule has 0 saturated carbocycles. The number of hydrogen-bond donors (Lipinski definition) is 1. The SMILES string of the molecule is CCOC(=O)c1cc(-c2ccc(Cl)cc2)[nH]c1C. The zero-order valence-corrected chi connectivity index (χ0v) is 11.0. The summed E-state index contributed by atoms with van der Waals surface area (Å²) in [4.78, 5) is 14.9. The monoisotopic (exact) mass is 263 g/mol. The molecule has 1 heterocycles. The normalized spacial score (nSPS) is 10.4. The van der Waals surface area contributed by atoms with E-state index in [-0.39, 0.29) is 5.97 Å². The fourth-order valence-corrected chi connectivity index (χ4v) is 1.89. The van der Waals surface area contributed by atoms with Gasteiger partial charge in [-0.25, -0.2) is 4.79 Å². The Morgan fingerprint density at radius 3 is 2.61 bits per heavy atom. The van der Waals surface area contributed by atoms with Gasteiger partial charge in [-0.15, -0.1) is 0 Å². The highest BCUT2D eigenvalue weighted by Crippen LogP contribution is 2.23. The van der Waals surface area contributed by atoms with Crippen molar-refractivity contribution in [1.29, 1.82) is 0 Å². The third kappa shape index (κ3) is 2.57. The number of carbonyl (C=O) groups is 1. The first-order valence-corrected chi connectivity index (χ1v) is 6.12. The largest absolute Gasteiger partial charge is 0.462 e. The highest BCUT2D eigenvalue weighted by Gasteiger charge is 2.14. The minimum atomic E-state index is -0.300. The minimum absolute atomic E-state index is 0.300. The molecule has 0 radical (unpaired) electrons. The Balaban J connectivity index is 2.34. The molecule has 0 fully saturated rings. The molecule has 1 aromatic carbocycles. The Labute approximate surface area is 111 Å². The summed E-state index contributed by atoms with van der Waals surface area (Å²) >= 11 is 5.84. The summed E-state index contributed by atoms with van der Waals surface area (Å²) in [5, 5.41) is 0.688. The zero-order valence-electron chi connectivity index (χ0n) is 10.3. The van der Waals surface area contributed by atoms with E-state index >= 15 is 0 Å². The van der Waals surface area contributed by atoms with Gasteiger partial charge < -0.3 is 9.72 Å². The van der Waals surface area contributed by atoms with Gasteiger partial charge in [0.05, 0.1) is 12.2 Å². The maximum atomic E-state index is 11.7. The van der Waals surface area contributed by atoms with Crippen molar-refractivity contribution >= 4 is 17.6 Å².